The lowest BCUT2D eigenvalue weighted by Crippen LogP contribution is -2.11. The van der Waals surface area contributed by atoms with Gasteiger partial charge in [-0.1, -0.05) is 12.1 Å². The lowest BCUT2D eigenvalue weighted by Gasteiger charge is -2.13. The number of rotatable bonds is 6. The molecule has 0 saturated carbocycles. The van der Waals surface area contributed by atoms with E-state index in [9.17, 15) is 0 Å². The van der Waals surface area contributed by atoms with Crippen molar-refractivity contribution < 1.29 is 4.74 Å². The molecule has 0 aliphatic rings. The maximum absolute atomic E-state index is 6.24. The van der Waals surface area contributed by atoms with Gasteiger partial charge in [-0.3, -0.25) is 4.98 Å². The van der Waals surface area contributed by atoms with Gasteiger partial charge >= 0.3 is 0 Å². The van der Waals surface area contributed by atoms with E-state index in [1.165, 1.54) is 5.56 Å². The number of benzene rings is 1. The van der Waals surface area contributed by atoms with Crippen molar-refractivity contribution in [1.82, 2.24) is 4.98 Å². The molecule has 3 nitrogen and oxygen atoms in total. The molecule has 1 atom stereocenters. The summed E-state index contributed by atoms with van der Waals surface area (Å²) in [4.78, 5) is 4.01. The van der Waals surface area contributed by atoms with Gasteiger partial charge in [-0.05, 0) is 55.2 Å². The third-order valence-corrected chi connectivity index (χ3v) is 3.09. The first-order valence-electron chi connectivity index (χ1n) is 6.67. The molecule has 1 aromatic carbocycles. The fourth-order valence-electron chi connectivity index (χ4n) is 2.04. The summed E-state index contributed by atoms with van der Waals surface area (Å²) < 4.78 is 5.50. The van der Waals surface area contributed by atoms with E-state index in [1.807, 2.05) is 49.6 Å². The van der Waals surface area contributed by atoms with Gasteiger partial charge in [0.05, 0.1) is 6.61 Å². The molecule has 0 aliphatic carbocycles. The molecule has 0 fully saturated rings. The van der Waals surface area contributed by atoms with Crippen LogP contribution in [0.4, 0.5) is 0 Å². The van der Waals surface area contributed by atoms with Gasteiger partial charge < -0.3 is 10.5 Å². The van der Waals surface area contributed by atoms with E-state index in [-0.39, 0.29) is 6.04 Å². The number of ether oxygens (including phenoxy) is 1. The first-order valence-corrected chi connectivity index (χ1v) is 6.67. The quantitative estimate of drug-likeness (QED) is 0.864. The number of nitrogens with zero attached hydrogens (tertiary/aromatic N) is 1. The lowest BCUT2D eigenvalue weighted by atomic mass is 10.00. The first-order chi connectivity index (χ1) is 9.29. The summed E-state index contributed by atoms with van der Waals surface area (Å²) in [5.41, 5.74) is 8.63. The Hall–Kier alpha value is -1.87. The van der Waals surface area contributed by atoms with Gasteiger partial charge in [0, 0.05) is 18.4 Å². The molecule has 0 amide bonds. The molecule has 2 N–H and O–H groups in total. The van der Waals surface area contributed by atoms with E-state index in [0.717, 1.165) is 24.2 Å². The fraction of sp³-hybridized carbons (Fsp3) is 0.312. The molecule has 3 heteroatoms. The SMILES string of the molecule is CCOc1cccc(C(N)CCc2ccncc2)c1. The molecule has 0 spiro atoms. The van der Waals surface area contributed by atoms with Crippen LogP contribution in [-0.2, 0) is 6.42 Å². The number of hydrogen-bond donors (Lipinski definition) is 1. The zero-order valence-corrected chi connectivity index (χ0v) is 11.3. The van der Waals surface area contributed by atoms with Crippen LogP contribution in [0.1, 0.15) is 30.5 Å². The summed E-state index contributed by atoms with van der Waals surface area (Å²) in [6, 6.07) is 12.1. The zero-order chi connectivity index (χ0) is 13.5. The Kier molecular flexibility index (Phi) is 4.93. The largest absolute Gasteiger partial charge is 0.494 e. The second-order valence-electron chi connectivity index (χ2n) is 4.51. The summed E-state index contributed by atoms with van der Waals surface area (Å²) in [5, 5.41) is 0. The van der Waals surface area contributed by atoms with E-state index in [0.29, 0.717) is 6.61 Å². The Bertz CT molecular complexity index is 499. The lowest BCUT2D eigenvalue weighted by molar-refractivity contribution is 0.339. The van der Waals surface area contributed by atoms with Crippen molar-refractivity contribution in [1.29, 1.82) is 0 Å². The summed E-state index contributed by atoms with van der Waals surface area (Å²) >= 11 is 0. The third-order valence-electron chi connectivity index (χ3n) is 3.09. The van der Waals surface area contributed by atoms with Crippen LogP contribution in [0.15, 0.2) is 48.8 Å². The van der Waals surface area contributed by atoms with Gasteiger partial charge in [-0.15, -0.1) is 0 Å². The molecule has 2 rings (SSSR count). The zero-order valence-electron chi connectivity index (χ0n) is 11.3. The highest BCUT2D eigenvalue weighted by molar-refractivity contribution is 5.30. The predicted octanol–water partition coefficient (Wildman–Crippen LogP) is 3.11. The van der Waals surface area contributed by atoms with Gasteiger partial charge in [0.15, 0.2) is 0 Å². The average molecular weight is 256 g/mol. The van der Waals surface area contributed by atoms with Crippen molar-refractivity contribution in [2.24, 2.45) is 5.73 Å². The molecular formula is C16H20N2O. The van der Waals surface area contributed by atoms with E-state index < -0.39 is 0 Å². The van der Waals surface area contributed by atoms with Crippen molar-refractivity contribution in [3.8, 4) is 5.75 Å². The van der Waals surface area contributed by atoms with Crippen molar-refractivity contribution in [2.75, 3.05) is 6.61 Å². The van der Waals surface area contributed by atoms with Gasteiger partial charge in [0.2, 0.25) is 0 Å². The second kappa shape index (κ2) is 6.90. The van der Waals surface area contributed by atoms with Crippen LogP contribution in [0.2, 0.25) is 0 Å². The summed E-state index contributed by atoms with van der Waals surface area (Å²) in [6.45, 7) is 2.66. The summed E-state index contributed by atoms with van der Waals surface area (Å²) in [7, 11) is 0. The van der Waals surface area contributed by atoms with Gasteiger partial charge in [0.25, 0.3) is 0 Å². The Morgan fingerprint density at radius 2 is 2.00 bits per heavy atom. The summed E-state index contributed by atoms with van der Waals surface area (Å²) in [5.74, 6) is 0.888. The molecule has 1 unspecified atom stereocenters. The van der Waals surface area contributed by atoms with Crippen LogP contribution in [0.3, 0.4) is 0 Å². The highest BCUT2D eigenvalue weighted by Crippen LogP contribution is 2.21. The van der Waals surface area contributed by atoms with Crippen LogP contribution in [-0.4, -0.2) is 11.6 Å². The average Bonchev–Trinajstić information content (AvgIpc) is 2.46. The van der Waals surface area contributed by atoms with Crippen LogP contribution in [0, 0.1) is 0 Å². The van der Waals surface area contributed by atoms with Crippen molar-refractivity contribution in [3.05, 3.63) is 59.9 Å². The maximum Gasteiger partial charge on any atom is 0.119 e. The predicted molar refractivity (Wildman–Crippen MR) is 77.1 cm³/mol. The smallest absolute Gasteiger partial charge is 0.119 e. The molecule has 2 aromatic rings. The third kappa shape index (κ3) is 4.07. The second-order valence-corrected chi connectivity index (χ2v) is 4.51. The number of pyridine rings is 1. The Morgan fingerprint density at radius 3 is 2.74 bits per heavy atom. The Balaban J connectivity index is 1.95. The van der Waals surface area contributed by atoms with Crippen molar-refractivity contribution in [2.45, 2.75) is 25.8 Å². The van der Waals surface area contributed by atoms with E-state index in [2.05, 4.69) is 11.1 Å². The monoisotopic (exact) mass is 256 g/mol. The number of aromatic nitrogens is 1. The number of aryl methyl sites for hydroxylation is 1. The van der Waals surface area contributed by atoms with Crippen LogP contribution in [0.5, 0.6) is 5.75 Å². The van der Waals surface area contributed by atoms with Crippen LogP contribution in [0.25, 0.3) is 0 Å². The molecule has 0 aliphatic heterocycles. The highest BCUT2D eigenvalue weighted by Gasteiger charge is 2.07. The Morgan fingerprint density at radius 1 is 1.21 bits per heavy atom. The van der Waals surface area contributed by atoms with Crippen LogP contribution >= 0.6 is 0 Å². The van der Waals surface area contributed by atoms with Crippen molar-refractivity contribution >= 4 is 0 Å². The van der Waals surface area contributed by atoms with Gasteiger partial charge in [-0.25, -0.2) is 0 Å². The van der Waals surface area contributed by atoms with Crippen LogP contribution < -0.4 is 10.5 Å². The molecule has 0 saturated heterocycles. The topological polar surface area (TPSA) is 48.1 Å². The molecule has 1 heterocycles. The maximum atomic E-state index is 6.24. The first kappa shape index (κ1) is 13.6. The van der Waals surface area contributed by atoms with E-state index in [4.69, 9.17) is 10.5 Å². The minimum atomic E-state index is 0.0357. The highest BCUT2D eigenvalue weighted by atomic mass is 16.5. The van der Waals surface area contributed by atoms with Gasteiger partial charge in [-0.2, -0.15) is 0 Å². The molecule has 0 bridgehead atoms. The number of nitrogens with two attached hydrogens (primary N) is 1. The molecule has 100 valence electrons. The molecule has 0 radical (unpaired) electrons. The summed E-state index contributed by atoms with van der Waals surface area (Å²) in [6.07, 6.45) is 5.51. The standard InChI is InChI=1S/C16H20N2O/c1-2-19-15-5-3-4-14(12-15)16(17)7-6-13-8-10-18-11-9-13/h3-5,8-12,16H,2,6-7,17H2,1H3. The van der Waals surface area contributed by atoms with Gasteiger partial charge in [0.1, 0.15) is 5.75 Å². The Labute approximate surface area is 114 Å². The minimum absolute atomic E-state index is 0.0357. The van der Waals surface area contributed by atoms with Crippen molar-refractivity contribution in [3.63, 3.8) is 0 Å². The minimum Gasteiger partial charge on any atom is -0.494 e. The number of hydrogen-bond acceptors (Lipinski definition) is 3. The fourth-order valence-corrected chi connectivity index (χ4v) is 2.04. The van der Waals surface area contributed by atoms with E-state index in [1.54, 1.807) is 0 Å². The molecular weight excluding hydrogens is 236 g/mol. The molecule has 1 aromatic heterocycles. The molecule has 19 heavy (non-hydrogen) atoms. The van der Waals surface area contributed by atoms with E-state index >= 15 is 0 Å². The normalized spacial score (nSPS) is 12.1.